The summed E-state index contributed by atoms with van der Waals surface area (Å²) in [6.45, 7) is 1.97. The molecule has 132 valence electrons. The van der Waals surface area contributed by atoms with Crippen molar-refractivity contribution in [2.45, 2.75) is 25.3 Å². The van der Waals surface area contributed by atoms with Gasteiger partial charge < -0.3 is 15.7 Å². The lowest BCUT2D eigenvalue weighted by molar-refractivity contribution is 0.0914. The van der Waals surface area contributed by atoms with E-state index in [4.69, 9.17) is 11.6 Å². The number of nitrogens with one attached hydrogen (secondary N) is 2. The van der Waals surface area contributed by atoms with E-state index in [1.54, 1.807) is 12.1 Å². The normalized spacial score (nSPS) is 16.4. The number of hydrogen-bond donors (Lipinski definition) is 3. The van der Waals surface area contributed by atoms with Gasteiger partial charge in [-0.1, -0.05) is 23.7 Å². The highest BCUT2D eigenvalue weighted by atomic mass is 35.5. The van der Waals surface area contributed by atoms with Crippen LogP contribution in [0.3, 0.4) is 0 Å². The van der Waals surface area contributed by atoms with Gasteiger partial charge in [-0.25, -0.2) is 0 Å². The number of halogens is 1. The van der Waals surface area contributed by atoms with Crippen molar-refractivity contribution in [3.8, 4) is 5.75 Å². The van der Waals surface area contributed by atoms with E-state index >= 15 is 0 Å². The molecule has 0 radical (unpaired) electrons. The molecule has 1 aliphatic rings. The van der Waals surface area contributed by atoms with E-state index in [0.29, 0.717) is 11.5 Å². The minimum Gasteiger partial charge on any atom is -0.508 e. The number of benzene rings is 2. The Labute approximate surface area is 153 Å². The fourth-order valence-electron chi connectivity index (χ4n) is 3.32. The molecule has 0 aliphatic carbocycles. The lowest BCUT2D eigenvalue weighted by atomic mass is 9.86. The molecule has 3 N–H and O–H groups in total. The van der Waals surface area contributed by atoms with Gasteiger partial charge in [0.15, 0.2) is 0 Å². The molecular formula is C20H23ClN2O2. The molecule has 1 fully saturated rings. The van der Waals surface area contributed by atoms with Gasteiger partial charge in [-0.05, 0) is 80.2 Å². The van der Waals surface area contributed by atoms with Crippen LogP contribution in [0.2, 0.25) is 5.02 Å². The first-order valence-electron chi connectivity index (χ1n) is 8.67. The lowest BCUT2D eigenvalue weighted by Crippen LogP contribution is -2.45. The van der Waals surface area contributed by atoms with Crippen molar-refractivity contribution < 1.29 is 9.90 Å². The monoisotopic (exact) mass is 358 g/mol. The fraction of sp³-hybridized carbons (Fsp3) is 0.350. The van der Waals surface area contributed by atoms with Crippen LogP contribution in [0.25, 0.3) is 0 Å². The molecule has 0 bridgehead atoms. The van der Waals surface area contributed by atoms with Gasteiger partial charge in [-0.3, -0.25) is 4.79 Å². The number of carbonyl (C=O) groups is 1. The van der Waals surface area contributed by atoms with Crippen LogP contribution in [0, 0.1) is 5.92 Å². The van der Waals surface area contributed by atoms with E-state index in [9.17, 15) is 9.90 Å². The number of hydrogen-bond acceptors (Lipinski definition) is 3. The maximum absolute atomic E-state index is 12.6. The third-order valence-electron chi connectivity index (χ3n) is 4.77. The average molecular weight is 359 g/mol. The molecule has 2 aromatic rings. The molecule has 0 saturated carbocycles. The van der Waals surface area contributed by atoms with Crippen LogP contribution in [0.15, 0.2) is 48.5 Å². The predicted octanol–water partition coefficient (Wildman–Crippen LogP) is 3.39. The Kier molecular flexibility index (Phi) is 5.95. The van der Waals surface area contributed by atoms with Crippen molar-refractivity contribution in [2.75, 3.05) is 13.1 Å². The van der Waals surface area contributed by atoms with Crippen LogP contribution in [-0.4, -0.2) is 30.1 Å². The van der Waals surface area contributed by atoms with Crippen molar-refractivity contribution >= 4 is 17.5 Å². The highest BCUT2D eigenvalue weighted by Crippen LogP contribution is 2.21. The number of aromatic hydroxyl groups is 1. The van der Waals surface area contributed by atoms with E-state index < -0.39 is 0 Å². The Balaban J connectivity index is 1.74. The molecule has 1 aliphatic heterocycles. The van der Waals surface area contributed by atoms with Crippen LogP contribution < -0.4 is 10.6 Å². The first-order chi connectivity index (χ1) is 12.1. The Hall–Kier alpha value is -2.04. The summed E-state index contributed by atoms with van der Waals surface area (Å²) in [6, 6.07) is 14.2. The van der Waals surface area contributed by atoms with Crippen molar-refractivity contribution in [3.05, 3.63) is 64.7 Å². The van der Waals surface area contributed by atoms with Gasteiger partial charge in [-0.2, -0.15) is 0 Å². The van der Waals surface area contributed by atoms with Gasteiger partial charge >= 0.3 is 0 Å². The minimum absolute atomic E-state index is 0.0737. The Bertz CT molecular complexity index is 695. The topological polar surface area (TPSA) is 61.4 Å². The molecule has 3 rings (SSSR count). The number of rotatable bonds is 5. The number of phenols is 1. The number of piperidine rings is 1. The van der Waals surface area contributed by atoms with E-state index in [2.05, 4.69) is 10.6 Å². The number of amides is 1. The SMILES string of the molecule is O=C(NC(Cc1ccc(Cl)cc1)C1CCNCC1)c1ccc(O)cc1. The largest absolute Gasteiger partial charge is 0.508 e. The highest BCUT2D eigenvalue weighted by molar-refractivity contribution is 6.30. The summed E-state index contributed by atoms with van der Waals surface area (Å²) < 4.78 is 0. The van der Waals surface area contributed by atoms with Crippen molar-refractivity contribution in [1.29, 1.82) is 0 Å². The summed E-state index contributed by atoms with van der Waals surface area (Å²) in [5.41, 5.74) is 1.73. The van der Waals surface area contributed by atoms with Gasteiger partial charge in [0, 0.05) is 16.6 Å². The average Bonchev–Trinajstić information content (AvgIpc) is 2.64. The highest BCUT2D eigenvalue weighted by Gasteiger charge is 2.25. The maximum atomic E-state index is 12.6. The summed E-state index contributed by atoms with van der Waals surface area (Å²) >= 11 is 5.98. The first kappa shape index (κ1) is 17.8. The second-order valence-electron chi connectivity index (χ2n) is 6.54. The summed E-state index contributed by atoms with van der Waals surface area (Å²) in [5, 5.41) is 16.7. The van der Waals surface area contributed by atoms with Gasteiger partial charge in [0.25, 0.3) is 5.91 Å². The Morgan fingerprint density at radius 2 is 1.76 bits per heavy atom. The van der Waals surface area contributed by atoms with Gasteiger partial charge in [0.2, 0.25) is 0 Å². The van der Waals surface area contributed by atoms with Crippen LogP contribution in [0.5, 0.6) is 5.75 Å². The number of phenolic OH excluding ortho intramolecular Hbond substituents is 1. The van der Waals surface area contributed by atoms with Crippen LogP contribution in [0.4, 0.5) is 0 Å². The fourth-order valence-corrected chi connectivity index (χ4v) is 3.45. The maximum Gasteiger partial charge on any atom is 0.251 e. The van der Waals surface area contributed by atoms with E-state index in [0.717, 1.165) is 37.4 Å². The molecule has 1 heterocycles. The summed E-state index contributed by atoms with van der Waals surface area (Å²) in [4.78, 5) is 12.6. The molecular weight excluding hydrogens is 336 g/mol. The molecule has 1 saturated heterocycles. The van der Waals surface area contributed by atoms with E-state index in [1.807, 2.05) is 24.3 Å². The number of carbonyl (C=O) groups excluding carboxylic acids is 1. The standard InChI is InChI=1S/C20H23ClN2O2/c21-17-5-1-14(2-6-17)13-19(15-9-11-22-12-10-15)23-20(25)16-3-7-18(24)8-4-16/h1-8,15,19,22,24H,9-13H2,(H,23,25). The summed E-state index contributed by atoms with van der Waals surface area (Å²) in [7, 11) is 0. The smallest absolute Gasteiger partial charge is 0.251 e. The predicted molar refractivity (Wildman–Crippen MR) is 100 cm³/mol. The second kappa shape index (κ2) is 8.37. The van der Waals surface area contributed by atoms with E-state index in [1.165, 1.54) is 17.7 Å². The molecule has 4 nitrogen and oxygen atoms in total. The van der Waals surface area contributed by atoms with Gasteiger partial charge in [0.05, 0.1) is 0 Å². The zero-order valence-corrected chi connectivity index (χ0v) is 14.8. The molecule has 2 aromatic carbocycles. The Morgan fingerprint density at radius 1 is 1.12 bits per heavy atom. The van der Waals surface area contributed by atoms with Crippen molar-refractivity contribution in [3.63, 3.8) is 0 Å². The molecule has 1 atom stereocenters. The molecule has 25 heavy (non-hydrogen) atoms. The molecule has 5 heteroatoms. The zero-order chi connectivity index (χ0) is 17.6. The third kappa shape index (κ3) is 4.97. The zero-order valence-electron chi connectivity index (χ0n) is 14.0. The molecule has 1 unspecified atom stereocenters. The summed E-state index contributed by atoms with van der Waals surface area (Å²) in [5.74, 6) is 0.503. The first-order valence-corrected chi connectivity index (χ1v) is 9.04. The quantitative estimate of drug-likeness (QED) is 0.767. The van der Waals surface area contributed by atoms with Crippen LogP contribution in [-0.2, 0) is 6.42 Å². The van der Waals surface area contributed by atoms with Crippen LogP contribution in [0.1, 0.15) is 28.8 Å². The molecule has 0 spiro atoms. The van der Waals surface area contributed by atoms with Crippen molar-refractivity contribution in [2.24, 2.45) is 5.92 Å². The van der Waals surface area contributed by atoms with E-state index in [-0.39, 0.29) is 17.7 Å². The van der Waals surface area contributed by atoms with Crippen molar-refractivity contribution in [1.82, 2.24) is 10.6 Å². The van der Waals surface area contributed by atoms with Gasteiger partial charge in [-0.15, -0.1) is 0 Å². The Morgan fingerprint density at radius 3 is 2.40 bits per heavy atom. The summed E-state index contributed by atoms with van der Waals surface area (Å²) in [6.07, 6.45) is 2.88. The third-order valence-corrected chi connectivity index (χ3v) is 5.02. The van der Waals surface area contributed by atoms with Crippen LogP contribution >= 0.6 is 11.6 Å². The molecule has 1 amide bonds. The second-order valence-corrected chi connectivity index (χ2v) is 6.98. The lowest BCUT2D eigenvalue weighted by Gasteiger charge is -2.31. The minimum atomic E-state index is -0.0995. The van der Waals surface area contributed by atoms with Gasteiger partial charge in [0.1, 0.15) is 5.75 Å². The molecule has 0 aromatic heterocycles.